The van der Waals surface area contributed by atoms with Crippen LogP contribution in [0.4, 0.5) is 22.7 Å². The number of hydrogen-bond donors (Lipinski definition) is 2. The Balaban J connectivity index is 0.000000289. The number of hydrogen-bond acceptors (Lipinski definition) is 7. The molecule has 142 valence electrons. The second-order valence-electron chi connectivity index (χ2n) is 5.53. The normalized spacial score (nSPS) is 9.63. The number of nitrogens with two attached hydrogens (primary N) is 2. The van der Waals surface area contributed by atoms with E-state index in [0.717, 1.165) is 0 Å². The van der Waals surface area contributed by atoms with Crippen LogP contribution in [0.25, 0.3) is 0 Å². The average Bonchev–Trinajstić information content (AvgIpc) is 2.58. The predicted octanol–water partition coefficient (Wildman–Crippen LogP) is 3.03. The molecule has 0 aliphatic rings. The molecule has 2 aromatic carbocycles. The summed E-state index contributed by atoms with van der Waals surface area (Å²) in [6, 6.07) is 9.07. The molecule has 0 saturated carbocycles. The van der Waals surface area contributed by atoms with Crippen LogP contribution in [-0.4, -0.2) is 35.4 Å². The number of benzene rings is 2. The number of rotatable bonds is 3. The van der Waals surface area contributed by atoms with E-state index in [9.17, 15) is 20.2 Å². The van der Waals surface area contributed by atoms with Crippen molar-refractivity contribution in [3.8, 4) is 11.8 Å². The fraction of sp³-hybridized carbons (Fsp3) is 0.176. The maximum Gasteiger partial charge on any atom is 0.293 e. The van der Waals surface area contributed by atoms with Gasteiger partial charge in [-0.15, -0.1) is 0 Å². The lowest BCUT2D eigenvalue weighted by Crippen LogP contribution is -2.10. The number of nitro benzene ring substituents is 2. The van der Waals surface area contributed by atoms with E-state index in [0.29, 0.717) is 16.6 Å². The van der Waals surface area contributed by atoms with Crippen molar-refractivity contribution in [2.45, 2.75) is 0 Å². The van der Waals surface area contributed by atoms with Gasteiger partial charge in [-0.3, -0.25) is 25.1 Å². The summed E-state index contributed by atoms with van der Waals surface area (Å²) >= 11 is 3.10. The van der Waals surface area contributed by atoms with Crippen molar-refractivity contribution in [2.24, 2.45) is 0 Å². The van der Waals surface area contributed by atoms with Crippen molar-refractivity contribution in [3.05, 3.63) is 66.7 Å². The van der Waals surface area contributed by atoms with Gasteiger partial charge in [-0.2, -0.15) is 0 Å². The lowest BCUT2D eigenvalue weighted by molar-refractivity contribution is -0.384. The first-order chi connectivity index (χ1) is 12.6. The van der Waals surface area contributed by atoms with Gasteiger partial charge in [-0.25, -0.2) is 0 Å². The molecule has 0 radical (unpaired) electrons. The fourth-order valence-corrected chi connectivity index (χ4v) is 2.10. The van der Waals surface area contributed by atoms with Crippen LogP contribution in [0.1, 0.15) is 5.56 Å². The zero-order valence-corrected chi connectivity index (χ0v) is 16.3. The van der Waals surface area contributed by atoms with E-state index in [2.05, 4.69) is 27.8 Å². The fourth-order valence-electron chi connectivity index (χ4n) is 1.75. The Labute approximate surface area is 164 Å². The zero-order chi connectivity index (χ0) is 20.6. The maximum absolute atomic E-state index is 10.6. The van der Waals surface area contributed by atoms with Crippen molar-refractivity contribution < 1.29 is 9.85 Å². The van der Waals surface area contributed by atoms with Crippen LogP contribution in [0.3, 0.4) is 0 Å². The second-order valence-corrected chi connectivity index (χ2v) is 6.45. The maximum atomic E-state index is 10.6. The van der Waals surface area contributed by atoms with Crippen LogP contribution in [0.15, 0.2) is 40.9 Å². The monoisotopic (exact) mass is 435 g/mol. The van der Waals surface area contributed by atoms with Crippen LogP contribution in [-0.2, 0) is 0 Å². The van der Waals surface area contributed by atoms with Crippen LogP contribution in [0.5, 0.6) is 0 Å². The Hall–Kier alpha value is -3.16. The summed E-state index contributed by atoms with van der Waals surface area (Å²) in [7, 11) is 3.81. The Kier molecular flexibility index (Phi) is 8.19. The lowest BCUT2D eigenvalue weighted by atomic mass is 10.2. The van der Waals surface area contributed by atoms with Gasteiger partial charge < -0.3 is 11.5 Å². The Morgan fingerprint density at radius 1 is 1.00 bits per heavy atom. The first-order valence-electron chi connectivity index (χ1n) is 7.48. The van der Waals surface area contributed by atoms with Gasteiger partial charge in [0.05, 0.1) is 16.4 Å². The van der Waals surface area contributed by atoms with E-state index >= 15 is 0 Å². The van der Waals surface area contributed by atoms with Crippen molar-refractivity contribution in [3.63, 3.8) is 0 Å². The quantitative estimate of drug-likeness (QED) is 0.326. The standard InChI is InChI=1S/C11H13N3O2.C6H5BrN2O2/c1-13(2)7-3-4-9-5-6-10(12)11(8-9)14(15)16;7-4-1-2-5(8)6(3-4)9(10)11/h5-6,8H,7,12H2,1-2H3;1-3H,8H2. The first-order valence-corrected chi connectivity index (χ1v) is 8.28. The Morgan fingerprint density at radius 2 is 1.52 bits per heavy atom. The SMILES string of the molecule is CN(C)CC#Cc1ccc(N)c([N+](=O)[O-])c1.Nc1ccc(Br)cc1[N+](=O)[O-]. The number of nitrogens with zero attached hydrogens (tertiary/aromatic N) is 3. The minimum atomic E-state index is -0.514. The van der Waals surface area contributed by atoms with Crippen molar-refractivity contribution in [1.29, 1.82) is 0 Å². The van der Waals surface area contributed by atoms with E-state index in [1.807, 2.05) is 19.0 Å². The minimum Gasteiger partial charge on any atom is -0.393 e. The third-order valence-corrected chi connectivity index (χ3v) is 3.54. The summed E-state index contributed by atoms with van der Waals surface area (Å²) in [5.74, 6) is 5.75. The molecule has 0 aliphatic heterocycles. The largest absolute Gasteiger partial charge is 0.393 e. The highest BCUT2D eigenvalue weighted by atomic mass is 79.9. The van der Waals surface area contributed by atoms with Gasteiger partial charge in [0.15, 0.2) is 0 Å². The second kappa shape index (κ2) is 10.1. The highest BCUT2D eigenvalue weighted by molar-refractivity contribution is 9.10. The van der Waals surface area contributed by atoms with Crippen molar-refractivity contribution in [2.75, 3.05) is 32.1 Å². The summed E-state index contributed by atoms with van der Waals surface area (Å²) in [6.07, 6.45) is 0. The molecule has 0 aromatic heterocycles. The number of halogens is 1. The molecule has 2 aromatic rings. The van der Waals surface area contributed by atoms with Gasteiger partial charge in [0.25, 0.3) is 11.4 Å². The molecule has 9 nitrogen and oxygen atoms in total. The molecule has 0 bridgehead atoms. The highest BCUT2D eigenvalue weighted by Crippen LogP contribution is 2.24. The zero-order valence-electron chi connectivity index (χ0n) is 14.7. The molecular weight excluding hydrogens is 418 g/mol. The molecule has 0 aliphatic carbocycles. The third kappa shape index (κ3) is 7.31. The minimum absolute atomic E-state index is 0.0700. The van der Waals surface area contributed by atoms with E-state index in [1.165, 1.54) is 24.3 Å². The van der Waals surface area contributed by atoms with E-state index in [4.69, 9.17) is 11.5 Å². The summed E-state index contributed by atoms with van der Waals surface area (Å²) in [4.78, 5) is 21.8. The molecular formula is C17H18BrN5O4. The average molecular weight is 436 g/mol. The van der Waals surface area contributed by atoms with E-state index < -0.39 is 9.85 Å². The summed E-state index contributed by atoms with van der Waals surface area (Å²) in [5, 5.41) is 20.9. The van der Waals surface area contributed by atoms with Crippen molar-refractivity contribution >= 4 is 38.7 Å². The van der Waals surface area contributed by atoms with Gasteiger partial charge in [-0.05, 0) is 38.4 Å². The number of nitro groups is 2. The van der Waals surface area contributed by atoms with Crippen LogP contribution in [0, 0.1) is 32.1 Å². The first kappa shape index (κ1) is 21.9. The molecule has 0 fully saturated rings. The topological polar surface area (TPSA) is 142 Å². The Bertz CT molecular complexity index is 906. The molecule has 0 atom stereocenters. The molecule has 0 unspecified atom stereocenters. The van der Waals surface area contributed by atoms with Gasteiger partial charge in [0, 0.05) is 22.2 Å². The molecule has 0 heterocycles. The molecule has 2 rings (SSSR count). The number of anilines is 2. The highest BCUT2D eigenvalue weighted by Gasteiger charge is 2.11. The summed E-state index contributed by atoms with van der Waals surface area (Å²) in [6.45, 7) is 0.609. The number of nitrogen functional groups attached to an aromatic ring is 2. The summed E-state index contributed by atoms with van der Waals surface area (Å²) in [5.41, 5.74) is 11.6. The van der Waals surface area contributed by atoms with Gasteiger partial charge >= 0.3 is 0 Å². The van der Waals surface area contributed by atoms with Crippen LogP contribution < -0.4 is 11.5 Å². The smallest absolute Gasteiger partial charge is 0.293 e. The van der Waals surface area contributed by atoms with Crippen molar-refractivity contribution in [1.82, 2.24) is 4.90 Å². The molecule has 0 saturated heterocycles. The Morgan fingerprint density at radius 3 is 2.00 bits per heavy atom. The van der Waals surface area contributed by atoms with E-state index in [1.54, 1.807) is 12.1 Å². The van der Waals surface area contributed by atoms with Crippen LogP contribution >= 0.6 is 15.9 Å². The predicted molar refractivity (Wildman–Crippen MR) is 108 cm³/mol. The van der Waals surface area contributed by atoms with E-state index in [-0.39, 0.29) is 22.7 Å². The third-order valence-electron chi connectivity index (χ3n) is 3.04. The molecule has 0 spiro atoms. The van der Waals surface area contributed by atoms with Gasteiger partial charge in [-0.1, -0.05) is 27.8 Å². The van der Waals surface area contributed by atoms with Crippen LogP contribution in [0.2, 0.25) is 0 Å². The summed E-state index contributed by atoms with van der Waals surface area (Å²) < 4.78 is 0.651. The van der Waals surface area contributed by atoms with Gasteiger partial charge in [0.2, 0.25) is 0 Å². The van der Waals surface area contributed by atoms with Gasteiger partial charge in [0.1, 0.15) is 11.4 Å². The molecule has 4 N–H and O–H groups in total. The molecule has 0 amide bonds. The molecule has 10 heteroatoms. The molecule has 27 heavy (non-hydrogen) atoms. The lowest BCUT2D eigenvalue weighted by Gasteiger charge is -2.01.